The summed E-state index contributed by atoms with van der Waals surface area (Å²) in [4.78, 5) is 10.7. The highest BCUT2D eigenvalue weighted by atomic mass is 16.4. The third kappa shape index (κ3) is 2.79. The van der Waals surface area contributed by atoms with E-state index in [2.05, 4.69) is 32.0 Å². The minimum absolute atomic E-state index is 0.227. The molecule has 1 aliphatic rings. The van der Waals surface area contributed by atoms with E-state index in [0.29, 0.717) is 11.8 Å². The van der Waals surface area contributed by atoms with E-state index in [1.165, 1.54) is 5.56 Å². The van der Waals surface area contributed by atoms with Gasteiger partial charge in [-0.1, -0.05) is 17.7 Å². The predicted molar refractivity (Wildman–Crippen MR) is 86.1 cm³/mol. The van der Waals surface area contributed by atoms with Crippen LogP contribution in [-0.4, -0.2) is 33.3 Å². The Morgan fingerprint density at radius 1 is 1.09 bits per heavy atom. The Bertz CT molecular complexity index is 784. The van der Waals surface area contributed by atoms with Gasteiger partial charge in [0.1, 0.15) is 0 Å². The van der Waals surface area contributed by atoms with Crippen LogP contribution in [0.5, 0.6) is 0 Å². The number of anilines is 1. The molecule has 2 aromatic heterocycles. The summed E-state index contributed by atoms with van der Waals surface area (Å²) in [7, 11) is 0. The Morgan fingerprint density at radius 3 is 2.65 bits per heavy atom. The summed E-state index contributed by atoms with van der Waals surface area (Å²) < 4.78 is 5.89. The predicted octanol–water partition coefficient (Wildman–Crippen LogP) is 2.83. The summed E-state index contributed by atoms with van der Waals surface area (Å²) in [6, 6.07) is 9.92. The first-order valence-electron chi connectivity index (χ1n) is 7.72. The van der Waals surface area contributed by atoms with E-state index in [0.717, 1.165) is 31.0 Å². The molecule has 3 aromatic rings. The lowest BCUT2D eigenvalue weighted by Gasteiger charge is -2.14. The van der Waals surface area contributed by atoms with Gasteiger partial charge in [0.15, 0.2) is 0 Å². The molecule has 1 unspecified atom stereocenters. The van der Waals surface area contributed by atoms with Crippen LogP contribution < -0.4 is 4.90 Å². The van der Waals surface area contributed by atoms with Crippen LogP contribution in [0, 0.1) is 6.92 Å². The van der Waals surface area contributed by atoms with E-state index in [-0.39, 0.29) is 5.92 Å². The van der Waals surface area contributed by atoms with Gasteiger partial charge in [0.2, 0.25) is 17.7 Å². The van der Waals surface area contributed by atoms with Crippen molar-refractivity contribution in [2.45, 2.75) is 19.3 Å². The minimum atomic E-state index is 0.227. The Morgan fingerprint density at radius 2 is 1.87 bits per heavy atom. The van der Waals surface area contributed by atoms with E-state index >= 15 is 0 Å². The van der Waals surface area contributed by atoms with Crippen molar-refractivity contribution in [3.8, 4) is 11.5 Å². The monoisotopic (exact) mass is 307 g/mol. The van der Waals surface area contributed by atoms with Crippen molar-refractivity contribution in [3.63, 3.8) is 0 Å². The van der Waals surface area contributed by atoms with Gasteiger partial charge in [-0.15, -0.1) is 10.2 Å². The maximum absolute atomic E-state index is 5.89. The van der Waals surface area contributed by atoms with E-state index in [4.69, 9.17) is 4.42 Å². The Hall–Kier alpha value is -2.76. The van der Waals surface area contributed by atoms with Crippen molar-refractivity contribution < 1.29 is 4.42 Å². The zero-order valence-electron chi connectivity index (χ0n) is 12.9. The van der Waals surface area contributed by atoms with Gasteiger partial charge < -0.3 is 9.32 Å². The van der Waals surface area contributed by atoms with Gasteiger partial charge in [-0.25, -0.2) is 9.97 Å². The van der Waals surface area contributed by atoms with Gasteiger partial charge >= 0.3 is 0 Å². The highest BCUT2D eigenvalue weighted by molar-refractivity contribution is 5.52. The van der Waals surface area contributed by atoms with Crippen molar-refractivity contribution in [2.24, 2.45) is 0 Å². The molecule has 23 heavy (non-hydrogen) atoms. The van der Waals surface area contributed by atoms with Crippen LogP contribution in [0.3, 0.4) is 0 Å². The van der Waals surface area contributed by atoms with Crippen LogP contribution in [0.15, 0.2) is 47.1 Å². The highest BCUT2D eigenvalue weighted by Gasteiger charge is 2.29. The summed E-state index contributed by atoms with van der Waals surface area (Å²) in [6.45, 7) is 3.76. The average molecular weight is 307 g/mol. The summed E-state index contributed by atoms with van der Waals surface area (Å²) in [5.41, 5.74) is 2.17. The number of benzene rings is 1. The molecule has 1 aromatic carbocycles. The number of nitrogens with zero attached hydrogens (tertiary/aromatic N) is 5. The van der Waals surface area contributed by atoms with E-state index in [1.807, 2.05) is 30.3 Å². The quantitative estimate of drug-likeness (QED) is 0.741. The number of aromatic nitrogens is 4. The van der Waals surface area contributed by atoms with Crippen molar-refractivity contribution in [3.05, 3.63) is 54.2 Å². The lowest BCUT2D eigenvalue weighted by atomic mass is 10.1. The fourth-order valence-electron chi connectivity index (χ4n) is 2.81. The Balaban J connectivity index is 1.51. The van der Waals surface area contributed by atoms with E-state index in [1.54, 1.807) is 12.4 Å². The molecule has 116 valence electrons. The molecule has 1 saturated heterocycles. The molecule has 6 heteroatoms. The number of aryl methyl sites for hydroxylation is 1. The first kappa shape index (κ1) is 13.9. The molecule has 1 atom stereocenters. The van der Waals surface area contributed by atoms with Crippen LogP contribution in [0.1, 0.15) is 23.8 Å². The fourth-order valence-corrected chi connectivity index (χ4v) is 2.81. The molecule has 0 radical (unpaired) electrons. The van der Waals surface area contributed by atoms with E-state index < -0.39 is 0 Å². The molecule has 6 nitrogen and oxygen atoms in total. The van der Waals surface area contributed by atoms with Crippen molar-refractivity contribution in [1.82, 2.24) is 20.2 Å². The fraction of sp³-hybridized carbons (Fsp3) is 0.294. The topological polar surface area (TPSA) is 67.9 Å². The standard InChI is InChI=1S/C17H17N5O/c1-12-3-5-13(6-4-12)15-20-21-16(23-15)14-7-10-22(11-14)17-18-8-2-9-19-17/h2-6,8-9,14H,7,10-11H2,1H3. The average Bonchev–Trinajstić information content (AvgIpc) is 3.26. The van der Waals surface area contributed by atoms with Crippen molar-refractivity contribution >= 4 is 5.95 Å². The van der Waals surface area contributed by atoms with Crippen molar-refractivity contribution in [1.29, 1.82) is 0 Å². The van der Waals surface area contributed by atoms with Crippen LogP contribution in [0.25, 0.3) is 11.5 Å². The van der Waals surface area contributed by atoms with Crippen LogP contribution in [0.4, 0.5) is 5.95 Å². The zero-order chi connectivity index (χ0) is 15.6. The molecule has 1 fully saturated rings. The van der Waals surface area contributed by atoms with E-state index in [9.17, 15) is 0 Å². The molecule has 0 bridgehead atoms. The SMILES string of the molecule is Cc1ccc(-c2nnc(C3CCN(c4ncccn4)C3)o2)cc1. The van der Waals surface area contributed by atoms with Crippen LogP contribution in [0.2, 0.25) is 0 Å². The summed E-state index contributed by atoms with van der Waals surface area (Å²) in [5.74, 6) is 2.26. The summed E-state index contributed by atoms with van der Waals surface area (Å²) in [5, 5.41) is 8.43. The molecule has 0 saturated carbocycles. The third-order valence-electron chi connectivity index (χ3n) is 4.11. The maximum atomic E-state index is 5.89. The second kappa shape index (κ2) is 5.79. The lowest BCUT2D eigenvalue weighted by Crippen LogP contribution is -2.21. The zero-order valence-corrected chi connectivity index (χ0v) is 12.9. The third-order valence-corrected chi connectivity index (χ3v) is 4.11. The minimum Gasteiger partial charge on any atom is -0.420 e. The Labute approximate surface area is 134 Å². The maximum Gasteiger partial charge on any atom is 0.247 e. The Kier molecular flexibility index (Phi) is 3.49. The van der Waals surface area contributed by atoms with Gasteiger partial charge in [0, 0.05) is 31.0 Å². The molecule has 1 aliphatic heterocycles. The lowest BCUT2D eigenvalue weighted by molar-refractivity contribution is 0.468. The van der Waals surface area contributed by atoms with Gasteiger partial charge in [-0.05, 0) is 31.5 Å². The van der Waals surface area contributed by atoms with Gasteiger partial charge in [-0.2, -0.15) is 0 Å². The van der Waals surface area contributed by atoms with Crippen LogP contribution in [-0.2, 0) is 0 Å². The number of hydrogen-bond acceptors (Lipinski definition) is 6. The molecule has 0 aliphatic carbocycles. The van der Waals surface area contributed by atoms with Crippen molar-refractivity contribution in [2.75, 3.05) is 18.0 Å². The first-order valence-corrected chi connectivity index (χ1v) is 7.72. The number of hydrogen-bond donors (Lipinski definition) is 0. The molecule has 0 spiro atoms. The smallest absolute Gasteiger partial charge is 0.247 e. The van der Waals surface area contributed by atoms with Gasteiger partial charge in [0.05, 0.1) is 5.92 Å². The molecule has 0 N–H and O–H groups in total. The van der Waals surface area contributed by atoms with Crippen LogP contribution >= 0.6 is 0 Å². The molecular weight excluding hydrogens is 290 g/mol. The normalized spacial score (nSPS) is 17.6. The summed E-state index contributed by atoms with van der Waals surface area (Å²) >= 11 is 0. The molecule has 3 heterocycles. The molecular formula is C17H17N5O. The second-order valence-electron chi connectivity index (χ2n) is 5.79. The summed E-state index contributed by atoms with van der Waals surface area (Å²) in [6.07, 6.45) is 4.49. The number of rotatable bonds is 3. The molecule has 4 rings (SSSR count). The first-order chi connectivity index (χ1) is 11.3. The largest absolute Gasteiger partial charge is 0.420 e. The van der Waals surface area contributed by atoms with Gasteiger partial charge in [-0.3, -0.25) is 0 Å². The molecule has 0 amide bonds. The second-order valence-corrected chi connectivity index (χ2v) is 5.79. The highest BCUT2D eigenvalue weighted by Crippen LogP contribution is 2.30. The van der Waals surface area contributed by atoms with Gasteiger partial charge in [0.25, 0.3) is 0 Å².